The monoisotopic (exact) mass is 403 g/mol. The van der Waals surface area contributed by atoms with Gasteiger partial charge in [0.2, 0.25) is 5.91 Å². The van der Waals surface area contributed by atoms with E-state index >= 15 is 0 Å². The van der Waals surface area contributed by atoms with Crippen LogP contribution in [0.3, 0.4) is 0 Å². The van der Waals surface area contributed by atoms with Gasteiger partial charge in [0.1, 0.15) is 5.69 Å². The number of hydrogen-bond donors (Lipinski definition) is 2. The number of anilines is 2. The van der Waals surface area contributed by atoms with Crippen LogP contribution >= 0.6 is 0 Å². The summed E-state index contributed by atoms with van der Waals surface area (Å²) in [6, 6.07) is 19.0. The summed E-state index contributed by atoms with van der Waals surface area (Å²) in [6.07, 6.45) is 1.76. The van der Waals surface area contributed by atoms with Gasteiger partial charge in [-0.05, 0) is 49.4 Å². The standard InChI is InChI=1S/C23H25N5O2/c1-3-28(14-15-29)20-11-12-22(23(16-20)25-17(2)30)27-26-19-9-7-18(8-10-19)21-6-4-5-13-24-21/h4-13,16,29H,3,14-15H2,1-2H3,(H,25,30). The fourth-order valence-corrected chi connectivity index (χ4v) is 3.03. The van der Waals surface area contributed by atoms with Crippen LogP contribution in [0.15, 0.2) is 77.1 Å². The number of benzene rings is 2. The molecule has 1 amide bonds. The van der Waals surface area contributed by atoms with Crippen LogP contribution in [0.25, 0.3) is 11.3 Å². The molecule has 0 spiro atoms. The Kier molecular flexibility index (Phi) is 7.24. The van der Waals surface area contributed by atoms with E-state index in [2.05, 4.69) is 20.5 Å². The van der Waals surface area contributed by atoms with Crippen molar-refractivity contribution in [3.8, 4) is 11.3 Å². The normalized spacial score (nSPS) is 10.9. The Morgan fingerprint density at radius 1 is 1.10 bits per heavy atom. The second-order valence-electron chi connectivity index (χ2n) is 6.65. The predicted molar refractivity (Wildman–Crippen MR) is 120 cm³/mol. The van der Waals surface area contributed by atoms with E-state index in [-0.39, 0.29) is 12.5 Å². The number of azo groups is 1. The van der Waals surface area contributed by atoms with Crippen molar-refractivity contribution in [3.05, 3.63) is 66.9 Å². The van der Waals surface area contributed by atoms with Crippen molar-refractivity contribution >= 4 is 28.7 Å². The Balaban J connectivity index is 1.83. The van der Waals surface area contributed by atoms with Gasteiger partial charge in [0.25, 0.3) is 0 Å². The van der Waals surface area contributed by atoms with Crippen LogP contribution in [0, 0.1) is 0 Å². The van der Waals surface area contributed by atoms with Gasteiger partial charge in [-0.15, -0.1) is 5.11 Å². The van der Waals surface area contributed by atoms with Crippen LogP contribution in [-0.4, -0.2) is 35.7 Å². The number of aliphatic hydroxyl groups excluding tert-OH is 1. The highest BCUT2D eigenvalue weighted by atomic mass is 16.3. The van der Waals surface area contributed by atoms with Crippen LogP contribution < -0.4 is 10.2 Å². The molecule has 30 heavy (non-hydrogen) atoms. The highest BCUT2D eigenvalue weighted by molar-refractivity contribution is 5.93. The van der Waals surface area contributed by atoms with Crippen molar-refractivity contribution in [3.63, 3.8) is 0 Å². The Morgan fingerprint density at radius 2 is 1.90 bits per heavy atom. The molecule has 154 valence electrons. The molecule has 3 rings (SSSR count). The summed E-state index contributed by atoms with van der Waals surface area (Å²) in [4.78, 5) is 18.0. The molecule has 0 radical (unpaired) electrons. The lowest BCUT2D eigenvalue weighted by Crippen LogP contribution is -2.26. The number of carbonyl (C=O) groups excluding carboxylic acids is 1. The quantitative estimate of drug-likeness (QED) is 0.521. The van der Waals surface area contributed by atoms with Gasteiger partial charge >= 0.3 is 0 Å². The Morgan fingerprint density at radius 3 is 2.53 bits per heavy atom. The maximum atomic E-state index is 11.6. The number of nitrogens with zero attached hydrogens (tertiary/aromatic N) is 4. The van der Waals surface area contributed by atoms with Crippen molar-refractivity contribution in [2.45, 2.75) is 13.8 Å². The molecule has 0 aliphatic rings. The lowest BCUT2D eigenvalue weighted by atomic mass is 10.1. The first-order valence-corrected chi connectivity index (χ1v) is 9.81. The van der Waals surface area contributed by atoms with Gasteiger partial charge in [-0.2, -0.15) is 5.11 Å². The summed E-state index contributed by atoms with van der Waals surface area (Å²) in [7, 11) is 0. The summed E-state index contributed by atoms with van der Waals surface area (Å²) in [5.41, 5.74) is 4.62. The molecule has 1 heterocycles. The van der Waals surface area contributed by atoms with E-state index < -0.39 is 0 Å². The van der Waals surface area contributed by atoms with Gasteiger partial charge in [-0.25, -0.2) is 0 Å². The highest BCUT2D eigenvalue weighted by Gasteiger charge is 2.10. The van der Waals surface area contributed by atoms with Gasteiger partial charge in [0.15, 0.2) is 0 Å². The molecular weight excluding hydrogens is 378 g/mol. The maximum absolute atomic E-state index is 11.6. The molecule has 0 bridgehead atoms. The minimum Gasteiger partial charge on any atom is -0.395 e. The van der Waals surface area contributed by atoms with E-state index in [1.807, 2.05) is 72.5 Å². The minimum absolute atomic E-state index is 0.0548. The average molecular weight is 403 g/mol. The summed E-state index contributed by atoms with van der Waals surface area (Å²) < 4.78 is 0. The van der Waals surface area contributed by atoms with Crippen molar-refractivity contribution in [1.82, 2.24) is 4.98 Å². The summed E-state index contributed by atoms with van der Waals surface area (Å²) >= 11 is 0. The molecule has 1 aromatic heterocycles. The molecule has 0 saturated carbocycles. The van der Waals surface area contributed by atoms with Crippen molar-refractivity contribution in [2.75, 3.05) is 29.9 Å². The van der Waals surface area contributed by atoms with Crippen LogP contribution in [0.2, 0.25) is 0 Å². The molecule has 0 atom stereocenters. The molecule has 7 nitrogen and oxygen atoms in total. The van der Waals surface area contributed by atoms with Crippen molar-refractivity contribution < 1.29 is 9.90 Å². The second kappa shape index (κ2) is 10.3. The van der Waals surface area contributed by atoms with E-state index in [4.69, 9.17) is 0 Å². The Bertz CT molecular complexity index is 1000. The smallest absolute Gasteiger partial charge is 0.221 e. The first-order chi connectivity index (χ1) is 14.6. The predicted octanol–water partition coefficient (Wildman–Crippen LogP) is 4.94. The molecule has 7 heteroatoms. The van der Waals surface area contributed by atoms with Gasteiger partial charge in [0, 0.05) is 37.5 Å². The van der Waals surface area contributed by atoms with Gasteiger partial charge in [0.05, 0.1) is 23.7 Å². The third-order valence-corrected chi connectivity index (χ3v) is 4.51. The number of rotatable bonds is 8. The van der Waals surface area contributed by atoms with E-state index in [9.17, 15) is 9.90 Å². The van der Waals surface area contributed by atoms with E-state index in [1.54, 1.807) is 6.20 Å². The van der Waals surface area contributed by atoms with Gasteiger partial charge < -0.3 is 15.3 Å². The summed E-state index contributed by atoms with van der Waals surface area (Å²) in [6.45, 7) is 4.77. The van der Waals surface area contributed by atoms with Crippen LogP contribution in [0.1, 0.15) is 13.8 Å². The SMILES string of the molecule is CCN(CCO)c1ccc(N=Nc2ccc(-c3ccccn3)cc2)c(NC(C)=O)c1. The number of amides is 1. The highest BCUT2D eigenvalue weighted by Crippen LogP contribution is 2.32. The molecule has 2 aromatic carbocycles. The number of aliphatic hydroxyl groups is 1. The zero-order chi connectivity index (χ0) is 21.3. The third kappa shape index (κ3) is 5.48. The molecule has 0 aliphatic carbocycles. The number of aromatic nitrogens is 1. The van der Waals surface area contributed by atoms with Crippen molar-refractivity contribution in [2.24, 2.45) is 10.2 Å². The fraction of sp³-hybridized carbons (Fsp3) is 0.217. The fourth-order valence-electron chi connectivity index (χ4n) is 3.03. The zero-order valence-electron chi connectivity index (χ0n) is 17.1. The third-order valence-electron chi connectivity index (χ3n) is 4.51. The van der Waals surface area contributed by atoms with Crippen LogP contribution in [-0.2, 0) is 4.79 Å². The van der Waals surface area contributed by atoms with Crippen LogP contribution in [0.4, 0.5) is 22.7 Å². The molecule has 0 unspecified atom stereocenters. The first-order valence-electron chi connectivity index (χ1n) is 9.81. The lowest BCUT2D eigenvalue weighted by molar-refractivity contribution is -0.114. The van der Waals surface area contributed by atoms with E-state index in [1.165, 1.54) is 6.92 Å². The minimum atomic E-state index is -0.187. The number of likely N-dealkylation sites (N-methyl/N-ethyl adjacent to an activating group) is 1. The lowest BCUT2D eigenvalue weighted by Gasteiger charge is -2.23. The summed E-state index contributed by atoms with van der Waals surface area (Å²) in [5, 5.41) is 20.7. The largest absolute Gasteiger partial charge is 0.395 e. The van der Waals surface area contributed by atoms with E-state index in [0.29, 0.717) is 23.6 Å². The summed E-state index contributed by atoms with van der Waals surface area (Å²) in [5.74, 6) is -0.187. The molecule has 0 aliphatic heterocycles. The van der Waals surface area contributed by atoms with Gasteiger partial charge in [-0.1, -0.05) is 18.2 Å². The number of carbonyl (C=O) groups is 1. The Labute approximate surface area is 176 Å². The topological polar surface area (TPSA) is 90.2 Å². The number of pyridine rings is 1. The Hall–Kier alpha value is -3.58. The first kappa shape index (κ1) is 21.1. The van der Waals surface area contributed by atoms with Crippen LogP contribution in [0.5, 0.6) is 0 Å². The number of nitrogens with one attached hydrogen (secondary N) is 1. The molecule has 2 N–H and O–H groups in total. The second-order valence-corrected chi connectivity index (χ2v) is 6.65. The molecule has 3 aromatic rings. The number of hydrogen-bond acceptors (Lipinski definition) is 6. The zero-order valence-corrected chi connectivity index (χ0v) is 17.1. The molecular formula is C23H25N5O2. The average Bonchev–Trinajstić information content (AvgIpc) is 2.77. The molecule has 0 saturated heterocycles. The van der Waals surface area contributed by atoms with Crippen molar-refractivity contribution in [1.29, 1.82) is 0 Å². The van der Waals surface area contributed by atoms with Gasteiger partial charge in [-0.3, -0.25) is 9.78 Å². The van der Waals surface area contributed by atoms with E-state index in [0.717, 1.165) is 23.5 Å². The molecule has 0 fully saturated rings. The maximum Gasteiger partial charge on any atom is 0.221 e.